The smallest absolute Gasteiger partial charge is 0.323 e. The molecule has 1 fully saturated rings. The zero-order chi connectivity index (χ0) is 19.2. The van der Waals surface area contributed by atoms with Crippen LogP contribution < -0.4 is 10.6 Å². The molecule has 0 bridgehead atoms. The number of hydrogen-bond acceptors (Lipinski definition) is 3. The van der Waals surface area contributed by atoms with E-state index in [1.807, 2.05) is 12.1 Å². The van der Waals surface area contributed by atoms with E-state index in [9.17, 15) is 14.7 Å². The Morgan fingerprint density at radius 1 is 0.963 bits per heavy atom. The van der Waals surface area contributed by atoms with E-state index in [0.717, 1.165) is 5.56 Å². The van der Waals surface area contributed by atoms with Gasteiger partial charge in [0.05, 0.1) is 12.5 Å². The lowest BCUT2D eigenvalue weighted by Gasteiger charge is -2.29. The summed E-state index contributed by atoms with van der Waals surface area (Å²) in [5, 5.41) is 15.6. The number of anilines is 2. The number of piperidine rings is 1. The predicted molar refractivity (Wildman–Crippen MR) is 106 cm³/mol. The second kappa shape index (κ2) is 8.88. The van der Waals surface area contributed by atoms with Crippen LogP contribution >= 0.6 is 11.6 Å². The van der Waals surface area contributed by atoms with Gasteiger partial charge in [-0.25, -0.2) is 4.79 Å². The molecule has 0 atom stereocenters. The number of amides is 3. The molecule has 0 spiro atoms. The van der Waals surface area contributed by atoms with Crippen LogP contribution in [0.25, 0.3) is 0 Å². The summed E-state index contributed by atoms with van der Waals surface area (Å²) in [7, 11) is 0. The number of urea groups is 1. The van der Waals surface area contributed by atoms with Crippen molar-refractivity contribution >= 4 is 34.9 Å². The van der Waals surface area contributed by atoms with Crippen molar-refractivity contribution < 1.29 is 14.7 Å². The first-order chi connectivity index (χ1) is 13.0. The van der Waals surface area contributed by atoms with E-state index in [2.05, 4.69) is 10.6 Å². The van der Waals surface area contributed by atoms with Gasteiger partial charge in [-0.15, -0.1) is 0 Å². The number of nitrogens with one attached hydrogen (secondary N) is 2. The van der Waals surface area contributed by atoms with E-state index in [-0.39, 0.29) is 18.0 Å². The van der Waals surface area contributed by atoms with Crippen molar-refractivity contribution in [3.8, 4) is 0 Å². The van der Waals surface area contributed by atoms with Gasteiger partial charge >= 0.3 is 6.03 Å². The van der Waals surface area contributed by atoms with Gasteiger partial charge < -0.3 is 20.6 Å². The zero-order valence-electron chi connectivity index (χ0n) is 14.8. The van der Waals surface area contributed by atoms with Crippen LogP contribution in [0.1, 0.15) is 18.4 Å². The Hall–Kier alpha value is -2.57. The number of hydrogen-bond donors (Lipinski definition) is 3. The van der Waals surface area contributed by atoms with Crippen molar-refractivity contribution in [1.29, 1.82) is 0 Å². The second-order valence-corrected chi connectivity index (χ2v) is 7.01. The predicted octanol–water partition coefficient (Wildman–Crippen LogP) is 3.51. The van der Waals surface area contributed by atoms with Crippen molar-refractivity contribution in [2.75, 3.05) is 23.7 Å². The first-order valence-corrected chi connectivity index (χ1v) is 9.26. The number of carbonyl (C=O) groups excluding carboxylic acids is 2. The quantitative estimate of drug-likeness (QED) is 0.750. The summed E-state index contributed by atoms with van der Waals surface area (Å²) in [5.41, 5.74) is 2.17. The van der Waals surface area contributed by atoms with Gasteiger partial charge in [0.15, 0.2) is 0 Å². The first kappa shape index (κ1) is 19.2. The molecule has 0 aromatic heterocycles. The SMILES string of the molecule is O=C(Nc1ccc(Cl)cc1)Nc1ccc(CC(=O)N2CCC(O)CC2)cc1. The zero-order valence-corrected chi connectivity index (χ0v) is 15.6. The molecular formula is C20H22ClN3O3. The van der Waals surface area contributed by atoms with Crippen LogP contribution in [0.4, 0.5) is 16.2 Å². The van der Waals surface area contributed by atoms with E-state index in [1.165, 1.54) is 0 Å². The average molecular weight is 388 g/mol. The van der Waals surface area contributed by atoms with E-state index in [1.54, 1.807) is 41.3 Å². The number of benzene rings is 2. The summed E-state index contributed by atoms with van der Waals surface area (Å²) >= 11 is 5.82. The van der Waals surface area contributed by atoms with E-state index in [0.29, 0.717) is 48.7 Å². The highest BCUT2D eigenvalue weighted by Gasteiger charge is 2.21. The molecule has 0 radical (unpaired) electrons. The van der Waals surface area contributed by atoms with Crippen molar-refractivity contribution in [1.82, 2.24) is 4.90 Å². The number of carbonyl (C=O) groups is 2. The maximum absolute atomic E-state index is 12.3. The van der Waals surface area contributed by atoms with Crippen LogP contribution in [0.5, 0.6) is 0 Å². The number of aliphatic hydroxyl groups is 1. The Labute approximate surface area is 163 Å². The highest BCUT2D eigenvalue weighted by Crippen LogP contribution is 2.16. The van der Waals surface area contributed by atoms with Crippen molar-refractivity contribution in [3.63, 3.8) is 0 Å². The summed E-state index contributed by atoms with van der Waals surface area (Å²) in [6, 6.07) is 13.7. The number of halogens is 1. The van der Waals surface area contributed by atoms with Gasteiger partial charge in [0, 0.05) is 29.5 Å². The van der Waals surface area contributed by atoms with Crippen LogP contribution in [0.15, 0.2) is 48.5 Å². The fraction of sp³-hybridized carbons (Fsp3) is 0.300. The van der Waals surface area contributed by atoms with Crippen molar-refractivity contribution in [3.05, 3.63) is 59.1 Å². The largest absolute Gasteiger partial charge is 0.393 e. The third kappa shape index (κ3) is 5.70. The van der Waals surface area contributed by atoms with Crippen molar-refractivity contribution in [2.24, 2.45) is 0 Å². The molecule has 0 unspecified atom stereocenters. The molecule has 2 aromatic carbocycles. The lowest BCUT2D eigenvalue weighted by atomic mass is 10.1. The molecule has 6 nitrogen and oxygen atoms in total. The summed E-state index contributed by atoms with van der Waals surface area (Å²) < 4.78 is 0. The molecule has 2 aromatic rings. The standard InChI is InChI=1S/C20H22ClN3O3/c21-15-3-7-17(8-4-15)23-20(27)22-16-5-1-14(2-6-16)13-19(26)24-11-9-18(25)10-12-24/h1-8,18,25H,9-13H2,(H2,22,23,27). The molecule has 0 aliphatic carbocycles. The molecule has 1 aliphatic heterocycles. The molecule has 1 aliphatic rings. The van der Waals surface area contributed by atoms with Crippen LogP contribution in [0.2, 0.25) is 5.02 Å². The molecule has 3 amide bonds. The van der Waals surface area contributed by atoms with Gasteiger partial charge in [-0.1, -0.05) is 23.7 Å². The maximum atomic E-state index is 12.3. The minimum atomic E-state index is -0.354. The highest BCUT2D eigenvalue weighted by molar-refractivity contribution is 6.30. The van der Waals surface area contributed by atoms with Gasteiger partial charge in [-0.05, 0) is 54.8 Å². The average Bonchev–Trinajstić information content (AvgIpc) is 2.66. The monoisotopic (exact) mass is 387 g/mol. The molecule has 3 N–H and O–H groups in total. The lowest BCUT2D eigenvalue weighted by molar-refractivity contribution is -0.132. The van der Waals surface area contributed by atoms with E-state index >= 15 is 0 Å². The van der Waals surface area contributed by atoms with Crippen LogP contribution in [-0.2, 0) is 11.2 Å². The summed E-state index contributed by atoms with van der Waals surface area (Å²) in [6.07, 6.45) is 1.29. The fourth-order valence-corrected chi connectivity index (χ4v) is 3.06. The molecule has 0 saturated carbocycles. The molecule has 7 heteroatoms. The van der Waals surface area contributed by atoms with Gasteiger partial charge in [0.25, 0.3) is 0 Å². The summed E-state index contributed by atoms with van der Waals surface area (Å²) in [6.45, 7) is 1.20. The number of aliphatic hydroxyl groups excluding tert-OH is 1. The van der Waals surface area contributed by atoms with Crippen LogP contribution in [0, 0.1) is 0 Å². The molecular weight excluding hydrogens is 366 g/mol. The molecule has 142 valence electrons. The van der Waals surface area contributed by atoms with Crippen LogP contribution in [-0.4, -0.2) is 41.1 Å². The molecule has 27 heavy (non-hydrogen) atoms. The molecule has 1 heterocycles. The second-order valence-electron chi connectivity index (χ2n) is 6.57. The Bertz CT molecular complexity index is 785. The normalized spacial score (nSPS) is 14.7. The third-order valence-electron chi connectivity index (χ3n) is 4.49. The maximum Gasteiger partial charge on any atom is 0.323 e. The number of likely N-dealkylation sites (tertiary alicyclic amines) is 1. The lowest BCUT2D eigenvalue weighted by Crippen LogP contribution is -2.40. The Balaban J connectivity index is 1.50. The van der Waals surface area contributed by atoms with E-state index in [4.69, 9.17) is 11.6 Å². The van der Waals surface area contributed by atoms with Gasteiger partial charge in [-0.2, -0.15) is 0 Å². The fourth-order valence-electron chi connectivity index (χ4n) is 2.93. The van der Waals surface area contributed by atoms with Crippen LogP contribution in [0.3, 0.4) is 0 Å². The Morgan fingerprint density at radius 2 is 1.48 bits per heavy atom. The number of rotatable bonds is 4. The minimum Gasteiger partial charge on any atom is -0.393 e. The van der Waals surface area contributed by atoms with E-state index < -0.39 is 0 Å². The molecule has 3 rings (SSSR count). The van der Waals surface area contributed by atoms with Gasteiger partial charge in [0.2, 0.25) is 5.91 Å². The van der Waals surface area contributed by atoms with Crippen molar-refractivity contribution in [2.45, 2.75) is 25.4 Å². The first-order valence-electron chi connectivity index (χ1n) is 8.88. The molecule has 1 saturated heterocycles. The number of nitrogens with zero attached hydrogens (tertiary/aromatic N) is 1. The third-order valence-corrected chi connectivity index (χ3v) is 4.74. The summed E-state index contributed by atoms with van der Waals surface area (Å²) in [4.78, 5) is 26.1. The summed E-state index contributed by atoms with van der Waals surface area (Å²) in [5.74, 6) is 0.0584. The Morgan fingerprint density at radius 3 is 2.04 bits per heavy atom. The van der Waals surface area contributed by atoms with Gasteiger partial charge in [0.1, 0.15) is 0 Å². The van der Waals surface area contributed by atoms with Gasteiger partial charge in [-0.3, -0.25) is 4.79 Å². The Kier molecular flexibility index (Phi) is 6.32. The topological polar surface area (TPSA) is 81.7 Å². The minimum absolute atomic E-state index is 0.0584. The highest BCUT2D eigenvalue weighted by atomic mass is 35.5.